The first-order chi connectivity index (χ1) is 18.6. The van der Waals surface area contributed by atoms with Gasteiger partial charge in [-0.25, -0.2) is 8.42 Å². The monoisotopic (exact) mass is 549 g/mol. The van der Waals surface area contributed by atoms with Gasteiger partial charge in [-0.2, -0.15) is 4.98 Å². The highest BCUT2D eigenvalue weighted by molar-refractivity contribution is 7.91. The minimum absolute atomic E-state index is 0.0592. The lowest BCUT2D eigenvalue weighted by Crippen LogP contribution is -2.35. The highest BCUT2D eigenvalue weighted by atomic mass is 32.2. The predicted molar refractivity (Wildman–Crippen MR) is 146 cm³/mol. The maximum atomic E-state index is 14.0. The number of sulfone groups is 1. The van der Waals surface area contributed by atoms with Crippen LogP contribution in [-0.4, -0.2) is 47.9 Å². The number of aromatic hydroxyl groups is 1. The van der Waals surface area contributed by atoms with Crippen LogP contribution in [0.3, 0.4) is 0 Å². The summed E-state index contributed by atoms with van der Waals surface area (Å²) in [6.07, 6.45) is 1.49. The third-order valence-corrected chi connectivity index (χ3v) is 8.03. The summed E-state index contributed by atoms with van der Waals surface area (Å²) in [6.45, 7) is 5.44. The van der Waals surface area contributed by atoms with Crippen molar-refractivity contribution in [3.05, 3.63) is 100 Å². The zero-order valence-corrected chi connectivity index (χ0v) is 23.1. The molecule has 1 atom stereocenters. The number of ether oxygens (including phenoxy) is 2. The van der Waals surface area contributed by atoms with Crippen molar-refractivity contribution in [3.8, 4) is 17.0 Å². The number of pyridine rings is 1. The van der Waals surface area contributed by atoms with Crippen LogP contribution in [0.2, 0.25) is 0 Å². The van der Waals surface area contributed by atoms with E-state index in [2.05, 4.69) is 9.97 Å². The molecule has 0 unspecified atom stereocenters. The molecule has 0 bridgehead atoms. The van der Waals surface area contributed by atoms with Crippen LogP contribution in [-0.2, 0) is 25.9 Å². The molecule has 39 heavy (non-hydrogen) atoms. The second-order valence-electron chi connectivity index (χ2n) is 9.26. The SMILES string of the molecule is COC[C@@H](c1ccccc1)n1c(COC(C)C)nc(O)c(S(=O)(=O)c2ccc(-c3cccnc3C)cc2)c1=O. The van der Waals surface area contributed by atoms with E-state index in [1.165, 1.54) is 23.8 Å². The van der Waals surface area contributed by atoms with Gasteiger partial charge in [0.25, 0.3) is 5.56 Å². The molecule has 0 saturated carbocycles. The van der Waals surface area contributed by atoms with E-state index in [-0.39, 0.29) is 30.0 Å². The molecule has 0 fully saturated rings. The standard InChI is InChI=1S/C29H31N3O6S/c1-19(2)38-18-26-31-28(33)27(29(34)32(26)25(17-37-4)22-9-6-5-7-10-22)39(35,36)23-14-12-21(13-15-23)24-11-8-16-30-20(24)3/h5-16,19,25,33H,17-18H2,1-4H3/t25-/m0/s1. The van der Waals surface area contributed by atoms with Gasteiger partial charge >= 0.3 is 0 Å². The van der Waals surface area contributed by atoms with Crippen molar-refractivity contribution < 1.29 is 23.0 Å². The van der Waals surface area contributed by atoms with Crippen LogP contribution in [0.5, 0.6) is 5.88 Å². The molecule has 10 heteroatoms. The molecule has 2 aromatic heterocycles. The van der Waals surface area contributed by atoms with Gasteiger partial charge in [0.05, 0.1) is 23.6 Å². The van der Waals surface area contributed by atoms with Gasteiger partial charge in [-0.3, -0.25) is 14.3 Å². The first-order valence-electron chi connectivity index (χ1n) is 12.4. The Morgan fingerprint density at radius 1 is 1.00 bits per heavy atom. The van der Waals surface area contributed by atoms with E-state index in [0.717, 1.165) is 16.8 Å². The third kappa shape index (κ3) is 5.93. The number of aryl methyl sites for hydroxylation is 1. The summed E-state index contributed by atoms with van der Waals surface area (Å²) in [4.78, 5) is 21.4. The van der Waals surface area contributed by atoms with Gasteiger partial charge in [-0.05, 0) is 50.1 Å². The quantitative estimate of drug-likeness (QED) is 0.311. The van der Waals surface area contributed by atoms with E-state index < -0.39 is 32.2 Å². The lowest BCUT2D eigenvalue weighted by molar-refractivity contribution is 0.0557. The van der Waals surface area contributed by atoms with E-state index in [4.69, 9.17) is 9.47 Å². The lowest BCUT2D eigenvalue weighted by atomic mass is 10.1. The highest BCUT2D eigenvalue weighted by Gasteiger charge is 2.32. The Kier molecular flexibility index (Phi) is 8.59. The Bertz CT molecular complexity index is 1600. The second kappa shape index (κ2) is 11.9. The second-order valence-corrected chi connectivity index (χ2v) is 11.1. The number of hydrogen-bond acceptors (Lipinski definition) is 8. The van der Waals surface area contributed by atoms with Gasteiger partial charge in [0, 0.05) is 24.6 Å². The molecule has 0 radical (unpaired) electrons. The van der Waals surface area contributed by atoms with Gasteiger partial charge in [0.1, 0.15) is 12.4 Å². The summed E-state index contributed by atoms with van der Waals surface area (Å²) in [5.41, 5.74) is 2.21. The Labute approximate surface area is 227 Å². The number of methoxy groups -OCH3 is 1. The zero-order chi connectivity index (χ0) is 28.2. The fraction of sp³-hybridized carbons (Fsp3) is 0.276. The summed E-state index contributed by atoms with van der Waals surface area (Å²) in [7, 11) is -2.97. The van der Waals surface area contributed by atoms with Crippen molar-refractivity contribution in [1.29, 1.82) is 0 Å². The van der Waals surface area contributed by atoms with Crippen LogP contribution < -0.4 is 5.56 Å². The molecular weight excluding hydrogens is 518 g/mol. The largest absolute Gasteiger partial charge is 0.492 e. The molecule has 0 aliphatic carbocycles. The summed E-state index contributed by atoms with van der Waals surface area (Å²) in [6, 6.07) is 18.1. The average Bonchev–Trinajstić information content (AvgIpc) is 2.91. The van der Waals surface area contributed by atoms with E-state index in [9.17, 15) is 18.3 Å². The van der Waals surface area contributed by atoms with Crippen molar-refractivity contribution >= 4 is 9.84 Å². The number of hydrogen-bond donors (Lipinski definition) is 1. The number of aromatic nitrogens is 3. The van der Waals surface area contributed by atoms with Crippen LogP contribution in [0, 0.1) is 6.92 Å². The Morgan fingerprint density at radius 2 is 1.69 bits per heavy atom. The van der Waals surface area contributed by atoms with Crippen molar-refractivity contribution in [1.82, 2.24) is 14.5 Å². The van der Waals surface area contributed by atoms with Gasteiger partial charge < -0.3 is 14.6 Å². The fourth-order valence-electron chi connectivity index (χ4n) is 4.32. The Morgan fingerprint density at radius 3 is 2.31 bits per heavy atom. The highest BCUT2D eigenvalue weighted by Crippen LogP contribution is 2.29. The molecule has 1 N–H and O–H groups in total. The third-order valence-electron chi connectivity index (χ3n) is 6.25. The molecule has 4 aromatic rings. The topological polar surface area (TPSA) is 121 Å². The minimum Gasteiger partial charge on any atom is -0.492 e. The molecule has 9 nitrogen and oxygen atoms in total. The van der Waals surface area contributed by atoms with Gasteiger partial charge in [0.2, 0.25) is 15.7 Å². The van der Waals surface area contributed by atoms with Crippen molar-refractivity contribution in [3.63, 3.8) is 0 Å². The summed E-state index contributed by atoms with van der Waals surface area (Å²) < 4.78 is 39.8. The Balaban J connectivity index is 1.88. The molecule has 0 amide bonds. The lowest BCUT2D eigenvalue weighted by Gasteiger charge is -2.24. The number of rotatable bonds is 10. The normalized spacial score (nSPS) is 12.5. The zero-order valence-electron chi connectivity index (χ0n) is 22.2. The van der Waals surface area contributed by atoms with Crippen LogP contribution in [0.25, 0.3) is 11.1 Å². The molecule has 0 aliphatic rings. The molecule has 0 saturated heterocycles. The molecule has 2 heterocycles. The van der Waals surface area contributed by atoms with Crippen LogP contribution in [0.4, 0.5) is 0 Å². The van der Waals surface area contributed by atoms with E-state index in [0.29, 0.717) is 5.56 Å². The summed E-state index contributed by atoms with van der Waals surface area (Å²) in [5.74, 6) is -0.798. The first kappa shape index (κ1) is 28.2. The minimum atomic E-state index is -4.45. The van der Waals surface area contributed by atoms with Gasteiger partial charge in [-0.15, -0.1) is 0 Å². The maximum Gasteiger partial charge on any atom is 0.277 e. The number of nitrogens with zero attached hydrogens (tertiary/aromatic N) is 3. The van der Waals surface area contributed by atoms with E-state index in [1.54, 1.807) is 24.4 Å². The molecule has 2 aromatic carbocycles. The first-order valence-corrected chi connectivity index (χ1v) is 13.9. The van der Waals surface area contributed by atoms with E-state index >= 15 is 0 Å². The average molecular weight is 550 g/mol. The molecule has 0 aliphatic heterocycles. The van der Waals surface area contributed by atoms with Crippen LogP contribution in [0.15, 0.2) is 87.5 Å². The summed E-state index contributed by atoms with van der Waals surface area (Å²) in [5, 5.41) is 10.8. The van der Waals surface area contributed by atoms with Crippen molar-refractivity contribution in [2.24, 2.45) is 0 Å². The number of benzene rings is 2. The summed E-state index contributed by atoms with van der Waals surface area (Å²) >= 11 is 0. The smallest absolute Gasteiger partial charge is 0.277 e. The van der Waals surface area contributed by atoms with Crippen LogP contribution >= 0.6 is 0 Å². The van der Waals surface area contributed by atoms with Gasteiger partial charge in [-0.1, -0.05) is 48.5 Å². The maximum absolute atomic E-state index is 14.0. The molecule has 0 spiro atoms. The van der Waals surface area contributed by atoms with Gasteiger partial charge in [0.15, 0.2) is 4.90 Å². The van der Waals surface area contributed by atoms with Crippen molar-refractivity contribution in [2.45, 2.75) is 49.3 Å². The fourth-order valence-corrected chi connectivity index (χ4v) is 5.67. The molecule has 4 rings (SSSR count). The molecular formula is C29H31N3O6S. The Hall–Kier alpha value is -3.86. The predicted octanol–water partition coefficient (Wildman–Crippen LogP) is 4.31. The van der Waals surface area contributed by atoms with Crippen LogP contribution in [0.1, 0.15) is 37.0 Å². The van der Waals surface area contributed by atoms with E-state index in [1.807, 2.05) is 57.2 Å². The molecule has 204 valence electrons. The van der Waals surface area contributed by atoms with Crippen molar-refractivity contribution in [2.75, 3.05) is 13.7 Å².